The first-order chi connectivity index (χ1) is 16.1. The van der Waals surface area contributed by atoms with Crippen molar-refractivity contribution in [2.24, 2.45) is 0 Å². The van der Waals surface area contributed by atoms with Crippen LogP contribution in [-0.2, 0) is 6.42 Å². The number of aromatic nitrogens is 2. The van der Waals surface area contributed by atoms with Gasteiger partial charge in [0, 0.05) is 50.4 Å². The third kappa shape index (κ3) is 5.02. The second-order valence-corrected chi connectivity index (χ2v) is 9.82. The van der Waals surface area contributed by atoms with Gasteiger partial charge in [0.05, 0.1) is 15.7 Å². The molecule has 2 aliphatic rings. The van der Waals surface area contributed by atoms with Crippen LogP contribution in [0, 0.1) is 0 Å². The van der Waals surface area contributed by atoms with Crippen molar-refractivity contribution in [2.75, 3.05) is 51.6 Å². The minimum absolute atomic E-state index is 0.203. The number of anilines is 1. The van der Waals surface area contributed by atoms with Gasteiger partial charge in [-0.1, -0.05) is 53.5 Å². The van der Waals surface area contributed by atoms with Gasteiger partial charge >= 0.3 is 0 Å². The first kappa shape index (κ1) is 22.6. The van der Waals surface area contributed by atoms with Crippen LogP contribution in [0.3, 0.4) is 0 Å². The molecule has 0 amide bonds. The van der Waals surface area contributed by atoms with E-state index in [4.69, 9.17) is 28.2 Å². The monoisotopic (exact) mass is 481 g/mol. The molecule has 0 spiro atoms. The van der Waals surface area contributed by atoms with Crippen molar-refractivity contribution in [3.05, 3.63) is 75.4 Å². The van der Waals surface area contributed by atoms with Crippen LogP contribution >= 0.6 is 23.2 Å². The van der Waals surface area contributed by atoms with Crippen molar-refractivity contribution >= 4 is 29.2 Å². The maximum atomic E-state index is 6.33. The molecule has 1 aromatic heterocycles. The van der Waals surface area contributed by atoms with E-state index in [0.29, 0.717) is 16.0 Å². The summed E-state index contributed by atoms with van der Waals surface area (Å²) in [5, 5.41) is 4.61. The molecule has 1 unspecified atom stereocenters. The molecule has 0 saturated carbocycles. The van der Waals surface area contributed by atoms with Crippen molar-refractivity contribution in [2.45, 2.75) is 18.8 Å². The van der Waals surface area contributed by atoms with Crippen LogP contribution in [0.1, 0.15) is 29.0 Å². The zero-order chi connectivity index (χ0) is 22.8. The summed E-state index contributed by atoms with van der Waals surface area (Å²) in [6.45, 7) is 6.61. The Morgan fingerprint density at radius 1 is 1.03 bits per heavy atom. The number of nitrogens with one attached hydrogen (secondary N) is 1. The molecule has 0 radical (unpaired) electrons. The predicted octanol–water partition coefficient (Wildman–Crippen LogP) is 5.19. The molecule has 1 saturated heterocycles. The Hall–Kier alpha value is -2.18. The summed E-state index contributed by atoms with van der Waals surface area (Å²) in [6, 6.07) is 14.4. The number of fused-ring (bicyclic) bond motifs is 3. The molecule has 3 aromatic rings. The van der Waals surface area contributed by atoms with E-state index in [9.17, 15) is 0 Å². The topological polar surface area (TPSA) is 44.3 Å². The van der Waals surface area contributed by atoms with Crippen molar-refractivity contribution < 1.29 is 0 Å². The number of hydrogen-bond acceptors (Lipinski definition) is 5. The van der Waals surface area contributed by atoms with E-state index in [1.807, 2.05) is 18.3 Å². The van der Waals surface area contributed by atoms with Gasteiger partial charge in [0.25, 0.3) is 0 Å². The van der Waals surface area contributed by atoms with Crippen molar-refractivity contribution in [3.8, 4) is 11.3 Å². The summed E-state index contributed by atoms with van der Waals surface area (Å²) in [6.07, 6.45) is 3.90. The molecule has 5 rings (SSSR count). The number of hydrogen-bond donors (Lipinski definition) is 1. The number of halogens is 2. The van der Waals surface area contributed by atoms with Crippen LogP contribution < -0.4 is 5.32 Å². The van der Waals surface area contributed by atoms with E-state index in [1.165, 1.54) is 5.56 Å². The normalized spacial score (nSPS) is 18.6. The van der Waals surface area contributed by atoms with Gasteiger partial charge in [-0.15, -0.1) is 0 Å². The van der Waals surface area contributed by atoms with E-state index >= 15 is 0 Å². The number of rotatable bonds is 6. The van der Waals surface area contributed by atoms with E-state index in [-0.39, 0.29) is 5.92 Å². The lowest BCUT2D eigenvalue weighted by Gasteiger charge is -2.32. The standard InChI is InChI=1S/C26H29Cl2N5/c1-32-11-13-33(14-12-32)10-4-9-29-26-30-17-19-15-22(18-7-8-23(27)24(28)16-18)20-5-2-3-6-21(20)25(19)31-26/h2-3,5-8,16-17,22H,4,9-15H2,1H3,(H,29,30,31). The Kier molecular flexibility index (Phi) is 6.84. The molecule has 7 heteroatoms. The Morgan fingerprint density at radius 2 is 1.85 bits per heavy atom. The first-order valence-corrected chi connectivity index (χ1v) is 12.4. The summed E-state index contributed by atoms with van der Waals surface area (Å²) in [4.78, 5) is 14.5. The van der Waals surface area contributed by atoms with E-state index in [2.05, 4.69) is 57.5 Å². The zero-order valence-electron chi connectivity index (χ0n) is 18.9. The van der Waals surface area contributed by atoms with Crippen molar-refractivity contribution in [3.63, 3.8) is 0 Å². The zero-order valence-corrected chi connectivity index (χ0v) is 20.4. The van der Waals surface area contributed by atoms with E-state index in [1.54, 1.807) is 0 Å². The molecular formula is C26H29Cl2N5. The van der Waals surface area contributed by atoms with E-state index < -0.39 is 0 Å². The second-order valence-electron chi connectivity index (χ2n) is 9.01. The molecule has 5 nitrogen and oxygen atoms in total. The highest BCUT2D eigenvalue weighted by molar-refractivity contribution is 6.42. The van der Waals surface area contributed by atoms with Gasteiger partial charge in [0.2, 0.25) is 5.95 Å². The number of likely N-dealkylation sites (N-methyl/N-ethyl adjacent to an activating group) is 1. The SMILES string of the molecule is CN1CCN(CCCNc2ncc3c(n2)-c2ccccc2C(c2ccc(Cl)c(Cl)c2)C3)CC1. The minimum atomic E-state index is 0.203. The lowest BCUT2D eigenvalue weighted by Crippen LogP contribution is -2.44. The lowest BCUT2D eigenvalue weighted by atomic mass is 9.78. The summed E-state index contributed by atoms with van der Waals surface area (Å²) < 4.78 is 0. The fourth-order valence-corrected chi connectivity index (χ4v) is 5.13. The van der Waals surface area contributed by atoms with Gasteiger partial charge in [-0.3, -0.25) is 0 Å². The van der Waals surface area contributed by atoms with Gasteiger partial charge in [-0.25, -0.2) is 9.97 Å². The van der Waals surface area contributed by atoms with E-state index in [0.717, 1.165) is 74.5 Å². The lowest BCUT2D eigenvalue weighted by molar-refractivity contribution is 0.154. The van der Waals surface area contributed by atoms with Gasteiger partial charge in [0.15, 0.2) is 0 Å². The highest BCUT2D eigenvalue weighted by atomic mass is 35.5. The molecule has 1 N–H and O–H groups in total. The largest absolute Gasteiger partial charge is 0.354 e. The summed E-state index contributed by atoms with van der Waals surface area (Å²) in [7, 11) is 2.19. The Labute approximate surface area is 205 Å². The third-order valence-electron chi connectivity index (χ3n) is 6.76. The highest BCUT2D eigenvalue weighted by Gasteiger charge is 2.27. The first-order valence-electron chi connectivity index (χ1n) is 11.6. The molecule has 1 atom stereocenters. The van der Waals surface area contributed by atoms with Gasteiger partial charge in [-0.05, 0) is 55.3 Å². The molecule has 2 aromatic carbocycles. The van der Waals surface area contributed by atoms with Gasteiger partial charge < -0.3 is 15.1 Å². The summed E-state index contributed by atoms with van der Waals surface area (Å²) in [5.41, 5.74) is 5.78. The average Bonchev–Trinajstić information content (AvgIpc) is 2.84. The molecule has 33 heavy (non-hydrogen) atoms. The maximum absolute atomic E-state index is 6.33. The molecule has 0 bridgehead atoms. The van der Waals surface area contributed by atoms with Crippen LogP contribution in [0.4, 0.5) is 5.95 Å². The van der Waals surface area contributed by atoms with Gasteiger partial charge in [-0.2, -0.15) is 0 Å². The molecule has 2 heterocycles. The van der Waals surface area contributed by atoms with Crippen LogP contribution in [-0.4, -0.2) is 66.1 Å². The summed E-state index contributed by atoms with van der Waals surface area (Å²) >= 11 is 12.5. The minimum Gasteiger partial charge on any atom is -0.354 e. The second kappa shape index (κ2) is 9.98. The Balaban J connectivity index is 1.30. The smallest absolute Gasteiger partial charge is 0.223 e. The Morgan fingerprint density at radius 3 is 2.67 bits per heavy atom. The van der Waals surface area contributed by atoms with Crippen LogP contribution in [0.5, 0.6) is 0 Å². The maximum Gasteiger partial charge on any atom is 0.223 e. The summed E-state index contributed by atoms with van der Waals surface area (Å²) in [5.74, 6) is 0.907. The molecule has 172 valence electrons. The average molecular weight is 482 g/mol. The quantitative estimate of drug-likeness (QED) is 0.490. The number of benzene rings is 2. The fourth-order valence-electron chi connectivity index (χ4n) is 4.82. The highest BCUT2D eigenvalue weighted by Crippen LogP contribution is 2.42. The predicted molar refractivity (Wildman–Crippen MR) is 137 cm³/mol. The number of piperazine rings is 1. The van der Waals surface area contributed by atoms with Crippen molar-refractivity contribution in [1.82, 2.24) is 19.8 Å². The molecular weight excluding hydrogens is 453 g/mol. The van der Waals surface area contributed by atoms with Crippen LogP contribution in [0.15, 0.2) is 48.7 Å². The van der Waals surface area contributed by atoms with Crippen molar-refractivity contribution in [1.29, 1.82) is 0 Å². The third-order valence-corrected chi connectivity index (χ3v) is 7.50. The molecule has 1 fully saturated rings. The Bertz CT molecular complexity index is 1130. The number of nitrogens with zero attached hydrogens (tertiary/aromatic N) is 4. The fraction of sp³-hybridized carbons (Fsp3) is 0.385. The van der Waals surface area contributed by atoms with Crippen LogP contribution in [0.2, 0.25) is 10.0 Å². The van der Waals surface area contributed by atoms with Gasteiger partial charge in [0.1, 0.15) is 0 Å². The molecule has 1 aliphatic carbocycles. The molecule has 1 aliphatic heterocycles. The van der Waals surface area contributed by atoms with Crippen LogP contribution in [0.25, 0.3) is 11.3 Å².